The maximum atomic E-state index is 12.1. The average Bonchev–Trinajstić information content (AvgIpc) is 2.65. The van der Waals surface area contributed by atoms with Gasteiger partial charge in [0, 0.05) is 19.5 Å². The molecular weight excluding hydrogens is 216 g/mol. The van der Waals surface area contributed by atoms with E-state index in [1.165, 1.54) is 0 Å². The number of rotatable bonds is 5. The van der Waals surface area contributed by atoms with Gasteiger partial charge in [0.1, 0.15) is 0 Å². The van der Waals surface area contributed by atoms with Crippen LogP contribution in [0.4, 0.5) is 0 Å². The van der Waals surface area contributed by atoms with Gasteiger partial charge in [-0.3, -0.25) is 4.79 Å². The molecule has 0 radical (unpaired) electrons. The molecule has 2 aliphatic heterocycles. The highest BCUT2D eigenvalue weighted by molar-refractivity contribution is 5.76. The van der Waals surface area contributed by atoms with Crippen molar-refractivity contribution in [3.63, 3.8) is 0 Å². The molecule has 3 unspecified atom stereocenters. The highest BCUT2D eigenvalue weighted by atomic mass is 16.5. The summed E-state index contributed by atoms with van der Waals surface area (Å²) in [6, 6.07) is 0. The van der Waals surface area contributed by atoms with Crippen LogP contribution in [-0.4, -0.2) is 42.6 Å². The molecule has 0 saturated carbocycles. The fraction of sp³-hybridized carbons (Fsp3) is 0.923. The number of hydrogen-bond donors (Lipinski definition) is 1. The van der Waals surface area contributed by atoms with Gasteiger partial charge in [-0.15, -0.1) is 0 Å². The van der Waals surface area contributed by atoms with E-state index in [0.29, 0.717) is 30.5 Å². The third-order valence-electron chi connectivity index (χ3n) is 3.91. The van der Waals surface area contributed by atoms with Gasteiger partial charge >= 0.3 is 0 Å². The molecule has 4 nitrogen and oxygen atoms in total. The van der Waals surface area contributed by atoms with E-state index in [9.17, 15) is 4.79 Å². The van der Waals surface area contributed by atoms with E-state index in [2.05, 4.69) is 6.92 Å². The van der Waals surface area contributed by atoms with Crippen LogP contribution in [0.25, 0.3) is 0 Å². The first-order valence-electron chi connectivity index (χ1n) is 6.82. The number of carbonyl (C=O) groups excluding carboxylic acids is 1. The normalized spacial score (nSPS) is 29.4. The molecule has 0 spiro atoms. The van der Waals surface area contributed by atoms with Crippen LogP contribution in [0.3, 0.4) is 0 Å². The Morgan fingerprint density at radius 1 is 1.35 bits per heavy atom. The molecule has 2 heterocycles. The lowest BCUT2D eigenvalue weighted by atomic mass is 10.0. The van der Waals surface area contributed by atoms with Crippen LogP contribution in [0, 0.1) is 5.92 Å². The van der Waals surface area contributed by atoms with Crippen LogP contribution in [0.15, 0.2) is 0 Å². The predicted octanol–water partition coefficient (Wildman–Crippen LogP) is 1.14. The highest BCUT2D eigenvalue weighted by Crippen LogP contribution is 2.26. The monoisotopic (exact) mass is 240 g/mol. The summed E-state index contributed by atoms with van der Waals surface area (Å²) in [6.07, 6.45) is 5.50. The molecular formula is C13H24N2O2. The van der Waals surface area contributed by atoms with Crippen LogP contribution in [0.5, 0.6) is 0 Å². The molecule has 0 aromatic heterocycles. The van der Waals surface area contributed by atoms with Gasteiger partial charge in [0.05, 0.1) is 12.2 Å². The Morgan fingerprint density at radius 2 is 2.00 bits per heavy atom. The van der Waals surface area contributed by atoms with Crippen molar-refractivity contribution in [2.45, 2.75) is 51.2 Å². The third-order valence-corrected chi connectivity index (χ3v) is 3.91. The predicted molar refractivity (Wildman–Crippen MR) is 66.5 cm³/mol. The molecule has 2 fully saturated rings. The molecule has 98 valence electrons. The maximum absolute atomic E-state index is 12.1. The zero-order valence-corrected chi connectivity index (χ0v) is 10.7. The Balaban J connectivity index is 1.73. The molecule has 0 aliphatic carbocycles. The van der Waals surface area contributed by atoms with Crippen molar-refractivity contribution in [3.8, 4) is 0 Å². The van der Waals surface area contributed by atoms with E-state index in [4.69, 9.17) is 10.5 Å². The largest absolute Gasteiger partial charge is 0.371 e. The maximum Gasteiger partial charge on any atom is 0.222 e. The first-order valence-corrected chi connectivity index (χ1v) is 6.82. The number of likely N-dealkylation sites (tertiary alicyclic amines) is 1. The Morgan fingerprint density at radius 3 is 2.59 bits per heavy atom. The van der Waals surface area contributed by atoms with E-state index < -0.39 is 0 Å². The van der Waals surface area contributed by atoms with Crippen molar-refractivity contribution in [1.82, 2.24) is 4.90 Å². The summed E-state index contributed by atoms with van der Waals surface area (Å²) < 4.78 is 5.73. The minimum atomic E-state index is 0.300. The molecule has 0 aromatic carbocycles. The van der Waals surface area contributed by atoms with Crippen LogP contribution in [-0.2, 0) is 9.53 Å². The van der Waals surface area contributed by atoms with Crippen molar-refractivity contribution >= 4 is 5.91 Å². The summed E-state index contributed by atoms with van der Waals surface area (Å²) in [5.74, 6) is 0.857. The number of fused-ring (bicyclic) bond motifs is 2. The molecule has 2 rings (SSSR count). The Labute approximate surface area is 103 Å². The first kappa shape index (κ1) is 12.8. The van der Waals surface area contributed by atoms with Gasteiger partial charge in [-0.1, -0.05) is 6.92 Å². The van der Waals surface area contributed by atoms with Crippen molar-refractivity contribution in [1.29, 1.82) is 0 Å². The SMILES string of the molecule is CC(CCN)CCC(=O)N1CC2CCC(C1)O2. The van der Waals surface area contributed by atoms with Gasteiger partial charge < -0.3 is 15.4 Å². The Hall–Kier alpha value is -0.610. The second-order valence-electron chi connectivity index (χ2n) is 5.48. The molecule has 3 atom stereocenters. The van der Waals surface area contributed by atoms with Crippen LogP contribution >= 0.6 is 0 Å². The summed E-state index contributed by atoms with van der Waals surface area (Å²) in [6.45, 7) is 4.50. The van der Waals surface area contributed by atoms with E-state index in [-0.39, 0.29) is 0 Å². The number of carbonyl (C=O) groups is 1. The van der Waals surface area contributed by atoms with Gasteiger partial charge in [0.25, 0.3) is 0 Å². The fourth-order valence-electron chi connectivity index (χ4n) is 2.78. The second-order valence-corrected chi connectivity index (χ2v) is 5.48. The van der Waals surface area contributed by atoms with E-state index in [1.807, 2.05) is 4.90 Å². The van der Waals surface area contributed by atoms with Crippen LogP contribution < -0.4 is 5.73 Å². The highest BCUT2D eigenvalue weighted by Gasteiger charge is 2.35. The van der Waals surface area contributed by atoms with Gasteiger partial charge in [-0.05, 0) is 38.1 Å². The third kappa shape index (κ3) is 3.42. The molecule has 2 N–H and O–H groups in total. The van der Waals surface area contributed by atoms with Crippen molar-refractivity contribution in [2.75, 3.05) is 19.6 Å². The van der Waals surface area contributed by atoms with Gasteiger partial charge in [-0.2, -0.15) is 0 Å². The van der Waals surface area contributed by atoms with Gasteiger partial charge in [0.2, 0.25) is 5.91 Å². The summed E-state index contributed by atoms with van der Waals surface area (Å²) in [5.41, 5.74) is 5.51. The number of nitrogens with two attached hydrogens (primary N) is 1. The molecule has 2 bridgehead atoms. The van der Waals surface area contributed by atoms with Crippen molar-refractivity contribution in [2.24, 2.45) is 11.7 Å². The fourth-order valence-corrected chi connectivity index (χ4v) is 2.78. The van der Waals surface area contributed by atoms with E-state index >= 15 is 0 Å². The minimum Gasteiger partial charge on any atom is -0.371 e. The lowest BCUT2D eigenvalue weighted by Crippen LogP contribution is -2.45. The molecule has 4 heteroatoms. The summed E-state index contributed by atoms with van der Waals surface area (Å²) in [4.78, 5) is 14.1. The number of amides is 1. The summed E-state index contributed by atoms with van der Waals surface area (Å²) >= 11 is 0. The topological polar surface area (TPSA) is 55.6 Å². The smallest absolute Gasteiger partial charge is 0.222 e. The molecule has 1 amide bonds. The molecule has 17 heavy (non-hydrogen) atoms. The summed E-state index contributed by atoms with van der Waals surface area (Å²) in [7, 11) is 0. The quantitative estimate of drug-likeness (QED) is 0.784. The van der Waals surface area contributed by atoms with Crippen LogP contribution in [0.2, 0.25) is 0 Å². The second kappa shape index (κ2) is 5.83. The Kier molecular flexibility index (Phi) is 4.40. The minimum absolute atomic E-state index is 0.300. The number of ether oxygens (including phenoxy) is 1. The van der Waals surface area contributed by atoms with E-state index in [0.717, 1.165) is 45.3 Å². The Bertz CT molecular complexity index is 258. The summed E-state index contributed by atoms with van der Waals surface area (Å²) in [5, 5.41) is 0. The standard InChI is InChI=1S/C13H24N2O2/c1-10(6-7-14)2-5-13(16)15-8-11-3-4-12(9-15)17-11/h10-12H,2-9,14H2,1H3. The molecule has 2 aliphatic rings. The van der Waals surface area contributed by atoms with Crippen LogP contribution in [0.1, 0.15) is 39.0 Å². The van der Waals surface area contributed by atoms with Crippen molar-refractivity contribution < 1.29 is 9.53 Å². The number of morpholine rings is 1. The average molecular weight is 240 g/mol. The molecule has 0 aromatic rings. The zero-order valence-electron chi connectivity index (χ0n) is 10.7. The molecule has 2 saturated heterocycles. The number of hydrogen-bond acceptors (Lipinski definition) is 3. The zero-order chi connectivity index (χ0) is 12.3. The first-order chi connectivity index (χ1) is 8.19. The van der Waals surface area contributed by atoms with E-state index in [1.54, 1.807) is 0 Å². The van der Waals surface area contributed by atoms with Gasteiger partial charge in [0.15, 0.2) is 0 Å². The van der Waals surface area contributed by atoms with Gasteiger partial charge in [-0.25, -0.2) is 0 Å². The lowest BCUT2D eigenvalue weighted by molar-refractivity contribution is -0.140. The lowest BCUT2D eigenvalue weighted by Gasteiger charge is -2.32. The number of nitrogens with zero attached hydrogens (tertiary/aromatic N) is 1. The van der Waals surface area contributed by atoms with Crippen molar-refractivity contribution in [3.05, 3.63) is 0 Å².